The van der Waals surface area contributed by atoms with Crippen LogP contribution in [-0.4, -0.2) is 29.2 Å². The molecule has 1 saturated carbocycles. The number of carbonyl (C=O) groups is 1. The summed E-state index contributed by atoms with van der Waals surface area (Å²) in [6, 6.07) is -0.150. The molecule has 0 radical (unpaired) electrons. The number of rotatable bonds is 5. The normalized spacial score (nSPS) is 20.6. The first kappa shape index (κ1) is 11.5. The zero-order chi connectivity index (χ0) is 10.8. The van der Waals surface area contributed by atoms with Crippen molar-refractivity contribution in [2.75, 3.05) is 6.61 Å². The van der Waals surface area contributed by atoms with Gasteiger partial charge in [0.25, 0.3) is 0 Å². The van der Waals surface area contributed by atoms with Gasteiger partial charge < -0.3 is 16.2 Å². The zero-order valence-corrected chi connectivity index (χ0v) is 8.92. The highest BCUT2D eigenvalue weighted by Crippen LogP contribution is 2.32. The van der Waals surface area contributed by atoms with Crippen LogP contribution in [0.25, 0.3) is 0 Å². The maximum atomic E-state index is 11.5. The van der Waals surface area contributed by atoms with Crippen molar-refractivity contribution in [2.24, 2.45) is 11.7 Å². The molecule has 0 aromatic carbocycles. The van der Waals surface area contributed by atoms with Crippen LogP contribution >= 0.6 is 0 Å². The van der Waals surface area contributed by atoms with Crippen LogP contribution in [0.4, 0.5) is 0 Å². The summed E-state index contributed by atoms with van der Waals surface area (Å²) < 4.78 is 0. The molecule has 1 aliphatic rings. The summed E-state index contributed by atoms with van der Waals surface area (Å²) in [5.74, 6) is 0.345. The van der Waals surface area contributed by atoms with Crippen LogP contribution in [-0.2, 0) is 4.79 Å². The number of carbonyl (C=O) groups excluding carboxylic acids is 1. The van der Waals surface area contributed by atoms with E-state index in [9.17, 15) is 4.79 Å². The number of hydrogen-bond acceptors (Lipinski definition) is 3. The highest BCUT2D eigenvalue weighted by molar-refractivity contribution is 5.89. The summed E-state index contributed by atoms with van der Waals surface area (Å²) in [5.41, 5.74) is 5.10. The van der Waals surface area contributed by atoms with Crippen molar-refractivity contribution in [2.45, 2.75) is 44.7 Å². The van der Waals surface area contributed by atoms with Gasteiger partial charge >= 0.3 is 0 Å². The fourth-order valence-electron chi connectivity index (χ4n) is 1.44. The average molecular weight is 200 g/mol. The second-order valence-electron chi connectivity index (χ2n) is 4.64. The number of aliphatic hydroxyl groups excluding tert-OH is 1. The van der Waals surface area contributed by atoms with E-state index in [1.807, 2.05) is 0 Å². The first-order chi connectivity index (χ1) is 6.48. The van der Waals surface area contributed by atoms with Gasteiger partial charge in [0.05, 0.1) is 18.2 Å². The molecule has 4 heteroatoms. The molecule has 1 atom stereocenters. The van der Waals surface area contributed by atoms with Crippen molar-refractivity contribution >= 4 is 5.91 Å². The molecular weight excluding hydrogens is 180 g/mol. The van der Waals surface area contributed by atoms with Crippen molar-refractivity contribution in [3.63, 3.8) is 0 Å². The largest absolute Gasteiger partial charge is 0.394 e. The number of hydrogen-bond donors (Lipinski definition) is 3. The molecule has 0 aromatic rings. The smallest absolute Gasteiger partial charge is 0.240 e. The minimum Gasteiger partial charge on any atom is -0.394 e. The molecule has 1 aliphatic carbocycles. The topological polar surface area (TPSA) is 75.3 Å². The minimum atomic E-state index is -0.635. The van der Waals surface area contributed by atoms with Gasteiger partial charge in [-0.3, -0.25) is 4.79 Å². The highest BCUT2D eigenvalue weighted by atomic mass is 16.3. The lowest BCUT2D eigenvalue weighted by Crippen LogP contribution is -2.48. The van der Waals surface area contributed by atoms with Crippen LogP contribution < -0.4 is 11.1 Å². The molecule has 1 unspecified atom stereocenters. The van der Waals surface area contributed by atoms with Crippen LogP contribution in [0.15, 0.2) is 0 Å². The Labute approximate surface area is 84.9 Å². The molecule has 0 saturated heterocycles. The highest BCUT2D eigenvalue weighted by Gasteiger charge is 2.46. The van der Waals surface area contributed by atoms with Gasteiger partial charge in [-0.15, -0.1) is 0 Å². The first-order valence-electron chi connectivity index (χ1n) is 5.18. The van der Waals surface area contributed by atoms with Crippen molar-refractivity contribution in [3.05, 3.63) is 0 Å². The Hall–Kier alpha value is -0.610. The molecule has 0 aliphatic heterocycles. The van der Waals surface area contributed by atoms with Gasteiger partial charge in [0.1, 0.15) is 0 Å². The molecule has 4 nitrogen and oxygen atoms in total. The quantitative estimate of drug-likeness (QED) is 0.585. The maximum Gasteiger partial charge on any atom is 0.240 e. The second-order valence-corrected chi connectivity index (χ2v) is 4.64. The van der Waals surface area contributed by atoms with Gasteiger partial charge in [0.15, 0.2) is 0 Å². The summed E-state index contributed by atoms with van der Waals surface area (Å²) in [5, 5.41) is 11.8. The lowest BCUT2D eigenvalue weighted by molar-refractivity contribution is -0.124. The van der Waals surface area contributed by atoms with E-state index in [2.05, 4.69) is 19.2 Å². The fourth-order valence-corrected chi connectivity index (χ4v) is 1.44. The Morgan fingerprint density at radius 2 is 2.14 bits per heavy atom. The van der Waals surface area contributed by atoms with E-state index in [0.29, 0.717) is 5.92 Å². The van der Waals surface area contributed by atoms with E-state index in [1.165, 1.54) is 0 Å². The van der Waals surface area contributed by atoms with E-state index in [-0.39, 0.29) is 18.6 Å². The molecule has 0 bridgehead atoms. The van der Waals surface area contributed by atoms with Crippen LogP contribution in [0.3, 0.4) is 0 Å². The van der Waals surface area contributed by atoms with E-state index in [0.717, 1.165) is 19.3 Å². The third kappa shape index (κ3) is 2.96. The minimum absolute atomic E-state index is 0.0139. The summed E-state index contributed by atoms with van der Waals surface area (Å²) in [4.78, 5) is 11.5. The molecule has 4 N–H and O–H groups in total. The molecule has 1 amide bonds. The van der Waals surface area contributed by atoms with Gasteiger partial charge in [-0.1, -0.05) is 13.8 Å². The number of nitrogens with one attached hydrogen (secondary N) is 1. The monoisotopic (exact) mass is 200 g/mol. The first-order valence-corrected chi connectivity index (χ1v) is 5.18. The van der Waals surface area contributed by atoms with Crippen molar-refractivity contribution in [1.82, 2.24) is 5.32 Å². The van der Waals surface area contributed by atoms with E-state index in [4.69, 9.17) is 10.8 Å². The third-order valence-electron chi connectivity index (χ3n) is 2.55. The Morgan fingerprint density at radius 1 is 1.57 bits per heavy atom. The lowest BCUT2D eigenvalue weighted by atomic mass is 10.0. The Kier molecular flexibility index (Phi) is 3.50. The van der Waals surface area contributed by atoms with Gasteiger partial charge in [0, 0.05) is 0 Å². The number of nitrogens with two attached hydrogens (primary N) is 1. The van der Waals surface area contributed by atoms with Crippen LogP contribution in [0.2, 0.25) is 0 Å². The predicted octanol–water partition coefficient (Wildman–Crippen LogP) is 0.000900. The fraction of sp³-hybridized carbons (Fsp3) is 0.900. The second kappa shape index (κ2) is 4.28. The van der Waals surface area contributed by atoms with Gasteiger partial charge in [-0.25, -0.2) is 0 Å². The SMILES string of the molecule is CC(C)CC(CO)NC(=O)C1(N)CC1. The zero-order valence-electron chi connectivity index (χ0n) is 8.92. The lowest BCUT2D eigenvalue weighted by Gasteiger charge is -2.20. The summed E-state index contributed by atoms with van der Waals surface area (Å²) >= 11 is 0. The molecule has 82 valence electrons. The van der Waals surface area contributed by atoms with Gasteiger partial charge in [-0.2, -0.15) is 0 Å². The number of amides is 1. The molecule has 0 spiro atoms. The molecule has 0 heterocycles. The summed E-state index contributed by atoms with van der Waals surface area (Å²) in [6.45, 7) is 4.11. The Bertz CT molecular complexity index is 212. The third-order valence-corrected chi connectivity index (χ3v) is 2.55. The molecule has 1 fully saturated rings. The van der Waals surface area contributed by atoms with E-state index >= 15 is 0 Å². The Morgan fingerprint density at radius 3 is 2.50 bits per heavy atom. The van der Waals surface area contributed by atoms with Crippen molar-refractivity contribution < 1.29 is 9.90 Å². The van der Waals surface area contributed by atoms with Gasteiger partial charge in [0.2, 0.25) is 5.91 Å². The van der Waals surface area contributed by atoms with Crippen molar-refractivity contribution in [1.29, 1.82) is 0 Å². The summed E-state index contributed by atoms with van der Waals surface area (Å²) in [6.07, 6.45) is 2.32. The molecule has 0 aromatic heterocycles. The Balaban J connectivity index is 2.36. The predicted molar refractivity (Wildman–Crippen MR) is 54.6 cm³/mol. The van der Waals surface area contributed by atoms with Crippen LogP contribution in [0, 0.1) is 5.92 Å². The molecule has 1 rings (SSSR count). The van der Waals surface area contributed by atoms with Crippen molar-refractivity contribution in [3.8, 4) is 0 Å². The maximum absolute atomic E-state index is 11.5. The average Bonchev–Trinajstić information content (AvgIpc) is 2.83. The number of aliphatic hydroxyl groups is 1. The van der Waals surface area contributed by atoms with Gasteiger partial charge in [-0.05, 0) is 25.2 Å². The standard InChI is InChI=1S/C10H20N2O2/c1-7(2)5-8(6-13)12-9(14)10(11)3-4-10/h7-8,13H,3-6,11H2,1-2H3,(H,12,14). The van der Waals surface area contributed by atoms with Crippen LogP contribution in [0.1, 0.15) is 33.1 Å². The van der Waals surface area contributed by atoms with Crippen LogP contribution in [0.5, 0.6) is 0 Å². The summed E-state index contributed by atoms with van der Waals surface area (Å²) in [7, 11) is 0. The molecular formula is C10H20N2O2. The van der Waals surface area contributed by atoms with E-state index in [1.54, 1.807) is 0 Å². The van der Waals surface area contributed by atoms with E-state index < -0.39 is 5.54 Å². The molecule has 14 heavy (non-hydrogen) atoms.